The maximum absolute atomic E-state index is 12.3. The molecule has 1 aliphatic rings. The smallest absolute Gasteiger partial charge is 0.327 e. The lowest BCUT2D eigenvalue weighted by molar-refractivity contribution is -0.141. The van der Waals surface area contributed by atoms with Crippen LogP contribution < -0.4 is 5.32 Å². The summed E-state index contributed by atoms with van der Waals surface area (Å²) in [6.07, 6.45) is 0. The number of likely N-dealkylation sites (N-methyl/N-ethyl adjacent to an activating group) is 1. The van der Waals surface area contributed by atoms with E-state index < -0.39 is 18.0 Å². The number of rotatable bonds is 5. The highest BCUT2D eigenvalue weighted by Gasteiger charge is 2.40. The third-order valence-corrected chi connectivity index (χ3v) is 4.36. The van der Waals surface area contributed by atoms with E-state index in [0.29, 0.717) is 18.2 Å². The van der Waals surface area contributed by atoms with Crippen LogP contribution in [0.2, 0.25) is 0 Å². The molecule has 2 N–H and O–H groups in total. The number of carbonyl (C=O) groups excluding carboxylic acids is 2. The highest BCUT2D eigenvalue weighted by molar-refractivity contribution is 8.00. The first-order valence-electron chi connectivity index (χ1n) is 6.88. The van der Waals surface area contributed by atoms with Crippen LogP contribution in [0.15, 0.2) is 0 Å². The molecule has 0 spiro atoms. The van der Waals surface area contributed by atoms with Gasteiger partial charge in [-0.2, -0.15) is 0 Å². The Hall–Kier alpha value is -1.44. The van der Waals surface area contributed by atoms with Crippen molar-refractivity contribution in [1.82, 2.24) is 15.1 Å². The lowest BCUT2D eigenvalue weighted by Gasteiger charge is -2.29. The van der Waals surface area contributed by atoms with Gasteiger partial charge < -0.3 is 15.3 Å². The number of amides is 3. The van der Waals surface area contributed by atoms with Crippen LogP contribution in [0.4, 0.5) is 4.79 Å². The van der Waals surface area contributed by atoms with Gasteiger partial charge >= 0.3 is 12.0 Å². The van der Waals surface area contributed by atoms with Gasteiger partial charge in [0, 0.05) is 19.3 Å². The lowest BCUT2D eigenvalue weighted by atomic mass is 10.2. The predicted molar refractivity (Wildman–Crippen MR) is 81.1 cm³/mol. The minimum absolute atomic E-state index is 0.0776. The van der Waals surface area contributed by atoms with E-state index in [1.807, 2.05) is 13.8 Å². The van der Waals surface area contributed by atoms with E-state index in [1.165, 1.54) is 28.6 Å². The second-order valence-corrected chi connectivity index (χ2v) is 6.88. The van der Waals surface area contributed by atoms with Gasteiger partial charge in [-0.3, -0.25) is 9.69 Å². The molecule has 120 valence electrons. The zero-order chi connectivity index (χ0) is 16.2. The summed E-state index contributed by atoms with van der Waals surface area (Å²) in [4.78, 5) is 37.8. The maximum atomic E-state index is 12.3. The number of urea groups is 1. The van der Waals surface area contributed by atoms with E-state index in [0.717, 1.165) is 0 Å². The fourth-order valence-corrected chi connectivity index (χ4v) is 3.14. The molecule has 2 unspecified atom stereocenters. The molecule has 3 amide bonds. The zero-order valence-electron chi connectivity index (χ0n) is 12.8. The molecule has 0 aromatic heterocycles. The summed E-state index contributed by atoms with van der Waals surface area (Å²) in [5.41, 5.74) is 0. The molecule has 0 radical (unpaired) electrons. The highest BCUT2D eigenvalue weighted by atomic mass is 32.2. The van der Waals surface area contributed by atoms with Gasteiger partial charge in [-0.1, -0.05) is 13.8 Å². The van der Waals surface area contributed by atoms with Crippen molar-refractivity contribution in [2.75, 3.05) is 25.9 Å². The SMILES string of the molecule is CC(C)CNC(=O)CN(C)C(=O)N1C(C)SCC1C(=O)O. The molecule has 1 rings (SSSR count). The van der Waals surface area contributed by atoms with Gasteiger partial charge in [-0.25, -0.2) is 9.59 Å². The number of nitrogens with zero attached hydrogens (tertiary/aromatic N) is 2. The van der Waals surface area contributed by atoms with Crippen LogP contribution in [0.3, 0.4) is 0 Å². The van der Waals surface area contributed by atoms with Gasteiger partial charge in [0.2, 0.25) is 5.91 Å². The summed E-state index contributed by atoms with van der Waals surface area (Å²) < 4.78 is 0. The van der Waals surface area contributed by atoms with Crippen LogP contribution >= 0.6 is 11.8 Å². The Balaban J connectivity index is 2.60. The van der Waals surface area contributed by atoms with Crippen molar-refractivity contribution in [3.05, 3.63) is 0 Å². The Bertz CT molecular complexity index is 416. The highest BCUT2D eigenvalue weighted by Crippen LogP contribution is 2.29. The van der Waals surface area contributed by atoms with Crippen LogP contribution in [0.5, 0.6) is 0 Å². The molecule has 1 aliphatic heterocycles. The van der Waals surface area contributed by atoms with Gasteiger partial charge in [-0.05, 0) is 12.8 Å². The Labute approximate surface area is 129 Å². The third-order valence-electron chi connectivity index (χ3n) is 3.14. The minimum atomic E-state index is -1.02. The summed E-state index contributed by atoms with van der Waals surface area (Å²) >= 11 is 1.42. The van der Waals surface area contributed by atoms with Gasteiger partial charge in [0.15, 0.2) is 0 Å². The molecule has 8 heteroatoms. The summed E-state index contributed by atoms with van der Waals surface area (Å²) in [7, 11) is 1.51. The number of carboxylic acid groups (broad SMARTS) is 1. The van der Waals surface area contributed by atoms with Crippen LogP contribution in [-0.4, -0.2) is 70.1 Å². The molecular weight excluding hydrogens is 294 g/mol. The summed E-state index contributed by atoms with van der Waals surface area (Å²) in [5, 5.41) is 11.7. The van der Waals surface area contributed by atoms with Crippen LogP contribution in [-0.2, 0) is 9.59 Å². The number of nitrogens with one attached hydrogen (secondary N) is 1. The average molecular weight is 317 g/mol. The van der Waals surface area contributed by atoms with Crippen molar-refractivity contribution in [1.29, 1.82) is 0 Å². The van der Waals surface area contributed by atoms with Crippen LogP contribution in [0, 0.1) is 5.92 Å². The molecule has 0 aliphatic carbocycles. The molecule has 2 atom stereocenters. The quantitative estimate of drug-likeness (QED) is 0.777. The van der Waals surface area contributed by atoms with E-state index in [1.54, 1.807) is 6.92 Å². The van der Waals surface area contributed by atoms with E-state index in [2.05, 4.69) is 5.32 Å². The van der Waals surface area contributed by atoms with Gasteiger partial charge in [0.1, 0.15) is 12.6 Å². The average Bonchev–Trinajstić information content (AvgIpc) is 2.77. The first kappa shape index (κ1) is 17.6. The second kappa shape index (κ2) is 7.53. The third kappa shape index (κ3) is 4.80. The Kier molecular flexibility index (Phi) is 6.32. The van der Waals surface area contributed by atoms with Crippen LogP contribution in [0.1, 0.15) is 20.8 Å². The fraction of sp³-hybridized carbons (Fsp3) is 0.769. The standard InChI is InChI=1S/C13H23N3O4S/c1-8(2)5-14-11(17)6-15(4)13(20)16-9(3)21-7-10(16)12(18)19/h8-10H,5-7H2,1-4H3,(H,14,17)(H,18,19). The molecule has 1 heterocycles. The van der Waals surface area contributed by atoms with E-state index >= 15 is 0 Å². The first-order chi connectivity index (χ1) is 9.73. The Morgan fingerprint density at radius 2 is 2.05 bits per heavy atom. The summed E-state index contributed by atoms with van der Waals surface area (Å²) in [6, 6.07) is -1.27. The van der Waals surface area contributed by atoms with Crippen molar-refractivity contribution in [3.63, 3.8) is 0 Å². The molecule has 0 saturated carbocycles. The monoisotopic (exact) mass is 317 g/mol. The minimum Gasteiger partial charge on any atom is -0.480 e. The summed E-state index contributed by atoms with van der Waals surface area (Å²) in [6.45, 7) is 6.23. The fourth-order valence-electron chi connectivity index (χ4n) is 1.98. The summed E-state index contributed by atoms with van der Waals surface area (Å²) in [5.74, 6) is -0.555. The number of carboxylic acids is 1. The number of hydrogen-bond acceptors (Lipinski definition) is 4. The molecule has 7 nitrogen and oxygen atoms in total. The number of thioether (sulfide) groups is 1. The number of aliphatic carboxylic acids is 1. The van der Waals surface area contributed by atoms with Crippen LogP contribution in [0.25, 0.3) is 0 Å². The van der Waals surface area contributed by atoms with E-state index in [9.17, 15) is 14.4 Å². The Morgan fingerprint density at radius 3 is 2.57 bits per heavy atom. The predicted octanol–water partition coefficient (Wildman–Crippen LogP) is 0.658. The van der Waals surface area contributed by atoms with Crippen molar-refractivity contribution in [3.8, 4) is 0 Å². The zero-order valence-corrected chi connectivity index (χ0v) is 13.6. The molecular formula is C13H23N3O4S. The van der Waals surface area contributed by atoms with E-state index in [-0.39, 0.29) is 17.8 Å². The molecule has 1 saturated heterocycles. The van der Waals surface area contributed by atoms with Crippen molar-refractivity contribution in [2.45, 2.75) is 32.2 Å². The molecule has 0 aromatic carbocycles. The first-order valence-corrected chi connectivity index (χ1v) is 7.93. The second-order valence-electron chi connectivity index (χ2n) is 5.53. The number of hydrogen-bond donors (Lipinski definition) is 2. The van der Waals surface area contributed by atoms with E-state index in [4.69, 9.17) is 5.11 Å². The van der Waals surface area contributed by atoms with Gasteiger partial charge in [0.05, 0.1) is 5.37 Å². The van der Waals surface area contributed by atoms with Crippen molar-refractivity contribution in [2.24, 2.45) is 5.92 Å². The topological polar surface area (TPSA) is 90.0 Å². The Morgan fingerprint density at radius 1 is 1.43 bits per heavy atom. The number of carbonyl (C=O) groups is 3. The maximum Gasteiger partial charge on any atom is 0.327 e. The van der Waals surface area contributed by atoms with Crippen molar-refractivity contribution < 1.29 is 19.5 Å². The molecule has 0 aromatic rings. The molecule has 1 fully saturated rings. The van der Waals surface area contributed by atoms with Gasteiger partial charge in [0.25, 0.3) is 0 Å². The molecule has 0 bridgehead atoms. The molecule has 21 heavy (non-hydrogen) atoms. The normalized spacial score (nSPS) is 21.5. The lowest BCUT2D eigenvalue weighted by Crippen LogP contribution is -2.52. The largest absolute Gasteiger partial charge is 0.480 e. The van der Waals surface area contributed by atoms with Gasteiger partial charge in [-0.15, -0.1) is 11.8 Å². The van der Waals surface area contributed by atoms with Crippen molar-refractivity contribution >= 4 is 29.7 Å².